The third kappa shape index (κ3) is 1.10. The van der Waals surface area contributed by atoms with Gasteiger partial charge in [-0.2, -0.15) is 0 Å². The third-order valence-electron chi connectivity index (χ3n) is 4.19. The highest BCUT2D eigenvalue weighted by molar-refractivity contribution is 5.85. The zero-order chi connectivity index (χ0) is 12.4. The Morgan fingerprint density at radius 3 is 2.76 bits per heavy atom. The summed E-state index contributed by atoms with van der Waals surface area (Å²) in [4.78, 5) is 15.8. The number of aromatic hydroxyl groups is 1. The summed E-state index contributed by atoms with van der Waals surface area (Å²) in [5, 5.41) is 9.63. The molecular formula is C13H16N2O2. The SMILES string of the molecule is CN1C(=O)C[C@@]2(C)c3cc(O)ccc3N(C)[C@H]12. The minimum atomic E-state index is -0.214. The van der Waals surface area contributed by atoms with Crippen molar-refractivity contribution in [3.8, 4) is 5.75 Å². The molecule has 1 aromatic rings. The molecule has 0 spiro atoms. The molecule has 2 heterocycles. The van der Waals surface area contributed by atoms with Crippen LogP contribution in [0.5, 0.6) is 5.75 Å². The van der Waals surface area contributed by atoms with Crippen molar-refractivity contribution < 1.29 is 9.90 Å². The maximum absolute atomic E-state index is 11.9. The predicted octanol–water partition coefficient (Wildman–Crippen LogP) is 1.29. The number of fused-ring (bicyclic) bond motifs is 3. The number of anilines is 1. The Bertz CT molecular complexity index is 514. The van der Waals surface area contributed by atoms with E-state index in [0.717, 1.165) is 11.3 Å². The Balaban J connectivity index is 2.22. The van der Waals surface area contributed by atoms with Crippen LogP contribution in [0.2, 0.25) is 0 Å². The van der Waals surface area contributed by atoms with Gasteiger partial charge in [-0.15, -0.1) is 0 Å². The van der Waals surface area contributed by atoms with E-state index in [1.807, 2.05) is 20.2 Å². The Morgan fingerprint density at radius 1 is 1.35 bits per heavy atom. The van der Waals surface area contributed by atoms with Crippen molar-refractivity contribution in [1.29, 1.82) is 0 Å². The van der Waals surface area contributed by atoms with Gasteiger partial charge in [0.05, 0.1) is 0 Å². The van der Waals surface area contributed by atoms with Crippen LogP contribution in [-0.2, 0) is 10.2 Å². The highest BCUT2D eigenvalue weighted by Crippen LogP contribution is 2.51. The van der Waals surface area contributed by atoms with E-state index in [1.165, 1.54) is 0 Å². The molecule has 1 amide bonds. The molecule has 0 unspecified atom stereocenters. The Kier molecular flexibility index (Phi) is 1.81. The lowest BCUT2D eigenvalue weighted by Crippen LogP contribution is -2.46. The quantitative estimate of drug-likeness (QED) is 0.733. The lowest BCUT2D eigenvalue weighted by molar-refractivity contribution is -0.127. The topological polar surface area (TPSA) is 43.8 Å². The molecule has 4 nitrogen and oxygen atoms in total. The number of likely N-dealkylation sites (N-methyl/N-ethyl adjacent to an activating group) is 2. The number of phenolic OH excluding ortho intramolecular Hbond substituents is 1. The monoisotopic (exact) mass is 232 g/mol. The second-order valence-corrected chi connectivity index (χ2v) is 5.28. The number of phenols is 1. The van der Waals surface area contributed by atoms with Gasteiger partial charge < -0.3 is 14.9 Å². The second kappa shape index (κ2) is 2.94. The number of carbonyl (C=O) groups is 1. The smallest absolute Gasteiger partial charge is 0.225 e. The van der Waals surface area contributed by atoms with E-state index in [-0.39, 0.29) is 23.2 Å². The molecule has 2 atom stereocenters. The third-order valence-corrected chi connectivity index (χ3v) is 4.19. The molecule has 1 N–H and O–H groups in total. The van der Waals surface area contributed by atoms with Crippen LogP contribution < -0.4 is 4.90 Å². The molecule has 0 saturated carbocycles. The number of nitrogens with zero attached hydrogens (tertiary/aromatic N) is 2. The number of carbonyl (C=O) groups excluding carboxylic acids is 1. The standard InChI is InChI=1S/C13H16N2O2/c1-13-7-11(17)15(3)12(13)14(2)10-5-4-8(16)6-9(10)13/h4-6,12,16H,7H2,1-3H3/t12-,13+/m1/s1. The summed E-state index contributed by atoms with van der Waals surface area (Å²) in [5.41, 5.74) is 1.96. The van der Waals surface area contributed by atoms with E-state index in [1.54, 1.807) is 17.0 Å². The molecule has 4 heteroatoms. The van der Waals surface area contributed by atoms with Gasteiger partial charge in [-0.3, -0.25) is 4.79 Å². The summed E-state index contributed by atoms with van der Waals surface area (Å²) < 4.78 is 0. The van der Waals surface area contributed by atoms with Crippen molar-refractivity contribution in [3.05, 3.63) is 23.8 Å². The van der Waals surface area contributed by atoms with Crippen molar-refractivity contribution >= 4 is 11.6 Å². The first-order valence-corrected chi connectivity index (χ1v) is 5.77. The van der Waals surface area contributed by atoms with Crippen LogP contribution in [0.1, 0.15) is 18.9 Å². The van der Waals surface area contributed by atoms with E-state index in [9.17, 15) is 9.90 Å². The number of rotatable bonds is 0. The van der Waals surface area contributed by atoms with Gasteiger partial charge in [-0.25, -0.2) is 0 Å². The van der Waals surface area contributed by atoms with E-state index in [4.69, 9.17) is 0 Å². The van der Waals surface area contributed by atoms with E-state index in [2.05, 4.69) is 11.8 Å². The van der Waals surface area contributed by atoms with Crippen molar-refractivity contribution in [2.45, 2.75) is 24.9 Å². The molecule has 1 aromatic carbocycles. The fraction of sp³-hybridized carbons (Fsp3) is 0.462. The maximum atomic E-state index is 11.9. The van der Waals surface area contributed by atoms with Crippen molar-refractivity contribution in [2.75, 3.05) is 19.0 Å². The molecule has 3 rings (SSSR count). The maximum Gasteiger partial charge on any atom is 0.225 e. The summed E-state index contributed by atoms with van der Waals surface area (Å²) in [6, 6.07) is 5.41. The van der Waals surface area contributed by atoms with Crippen LogP contribution in [0.3, 0.4) is 0 Å². The van der Waals surface area contributed by atoms with E-state index >= 15 is 0 Å². The van der Waals surface area contributed by atoms with Gasteiger partial charge in [0.25, 0.3) is 0 Å². The summed E-state index contributed by atoms with van der Waals surface area (Å²) >= 11 is 0. The first-order valence-electron chi connectivity index (χ1n) is 5.77. The minimum Gasteiger partial charge on any atom is -0.508 e. The summed E-state index contributed by atoms with van der Waals surface area (Å²) in [5.74, 6) is 0.430. The molecule has 90 valence electrons. The first kappa shape index (κ1) is 10.4. The number of hydrogen-bond donors (Lipinski definition) is 1. The van der Waals surface area contributed by atoms with Crippen LogP contribution in [0.4, 0.5) is 5.69 Å². The number of hydrogen-bond acceptors (Lipinski definition) is 3. The van der Waals surface area contributed by atoms with E-state index < -0.39 is 0 Å². The number of likely N-dealkylation sites (tertiary alicyclic amines) is 1. The zero-order valence-corrected chi connectivity index (χ0v) is 10.3. The molecule has 0 aromatic heterocycles. The number of benzene rings is 1. The van der Waals surface area contributed by atoms with Crippen LogP contribution >= 0.6 is 0 Å². The van der Waals surface area contributed by atoms with Gasteiger partial charge in [0, 0.05) is 31.6 Å². The summed E-state index contributed by atoms with van der Waals surface area (Å²) in [6.45, 7) is 2.10. The average Bonchev–Trinajstić information content (AvgIpc) is 2.61. The molecule has 2 aliphatic heterocycles. The molecule has 0 aliphatic carbocycles. The molecule has 1 fully saturated rings. The van der Waals surface area contributed by atoms with Gasteiger partial charge in [0.2, 0.25) is 5.91 Å². The van der Waals surface area contributed by atoms with E-state index in [0.29, 0.717) is 6.42 Å². The van der Waals surface area contributed by atoms with Gasteiger partial charge in [-0.1, -0.05) is 6.92 Å². The van der Waals surface area contributed by atoms with Crippen LogP contribution in [0.15, 0.2) is 18.2 Å². The Morgan fingerprint density at radius 2 is 2.06 bits per heavy atom. The largest absolute Gasteiger partial charge is 0.508 e. The Labute approximate surface area is 100 Å². The van der Waals surface area contributed by atoms with Gasteiger partial charge >= 0.3 is 0 Å². The summed E-state index contributed by atoms with van der Waals surface area (Å²) in [6.07, 6.45) is 0.571. The highest BCUT2D eigenvalue weighted by atomic mass is 16.3. The van der Waals surface area contributed by atoms with Gasteiger partial charge in [0.1, 0.15) is 11.9 Å². The van der Waals surface area contributed by atoms with Crippen LogP contribution in [0.25, 0.3) is 0 Å². The number of amides is 1. The molecule has 2 aliphatic rings. The highest BCUT2D eigenvalue weighted by Gasteiger charge is 2.55. The molecule has 0 bridgehead atoms. The molecule has 1 saturated heterocycles. The van der Waals surface area contributed by atoms with Crippen molar-refractivity contribution in [1.82, 2.24) is 4.90 Å². The lowest BCUT2D eigenvalue weighted by Gasteiger charge is -2.32. The van der Waals surface area contributed by atoms with Crippen molar-refractivity contribution in [3.63, 3.8) is 0 Å². The molecule has 0 radical (unpaired) electrons. The molecular weight excluding hydrogens is 216 g/mol. The normalized spacial score (nSPS) is 30.8. The summed E-state index contributed by atoms with van der Waals surface area (Å²) in [7, 11) is 3.85. The molecule has 17 heavy (non-hydrogen) atoms. The second-order valence-electron chi connectivity index (χ2n) is 5.28. The zero-order valence-electron chi connectivity index (χ0n) is 10.3. The Hall–Kier alpha value is -1.71. The minimum absolute atomic E-state index is 0.0619. The van der Waals surface area contributed by atoms with Crippen LogP contribution in [0, 0.1) is 0 Å². The first-order chi connectivity index (χ1) is 7.95. The lowest BCUT2D eigenvalue weighted by atomic mass is 9.81. The van der Waals surface area contributed by atoms with Crippen LogP contribution in [-0.4, -0.2) is 36.2 Å². The van der Waals surface area contributed by atoms with Gasteiger partial charge in [-0.05, 0) is 23.8 Å². The fourth-order valence-electron chi connectivity index (χ4n) is 3.44. The van der Waals surface area contributed by atoms with Gasteiger partial charge in [0.15, 0.2) is 0 Å². The fourth-order valence-corrected chi connectivity index (χ4v) is 3.44. The van der Waals surface area contributed by atoms with Crippen molar-refractivity contribution in [2.24, 2.45) is 0 Å². The predicted molar refractivity (Wildman–Crippen MR) is 65.0 cm³/mol. The average molecular weight is 232 g/mol.